The van der Waals surface area contributed by atoms with Crippen LogP contribution in [-0.2, 0) is 4.74 Å². The fourth-order valence-corrected chi connectivity index (χ4v) is 5.48. The first-order valence-electron chi connectivity index (χ1n) is 11.0. The fraction of sp³-hybridized carbons (Fsp3) is 0.667. The number of pyridine rings is 1. The van der Waals surface area contributed by atoms with Gasteiger partial charge in [-0.25, -0.2) is 15.0 Å². The van der Waals surface area contributed by atoms with Crippen LogP contribution in [0, 0.1) is 6.92 Å². The van der Waals surface area contributed by atoms with Gasteiger partial charge in [0.15, 0.2) is 5.82 Å². The van der Waals surface area contributed by atoms with E-state index in [1.165, 1.54) is 12.8 Å². The van der Waals surface area contributed by atoms with Crippen molar-refractivity contribution in [1.82, 2.24) is 19.3 Å². The summed E-state index contributed by atoms with van der Waals surface area (Å²) >= 11 is 2.02. The highest BCUT2D eigenvalue weighted by molar-refractivity contribution is 7.97. The van der Waals surface area contributed by atoms with Gasteiger partial charge in [0.05, 0.1) is 6.10 Å². The van der Waals surface area contributed by atoms with E-state index in [0.717, 1.165) is 53.6 Å². The first kappa shape index (κ1) is 21.1. The topological polar surface area (TPSA) is 66.4 Å². The predicted octanol–water partition coefficient (Wildman–Crippen LogP) is 3.84. The summed E-state index contributed by atoms with van der Waals surface area (Å²) in [7, 11) is 0. The van der Waals surface area contributed by atoms with Crippen LogP contribution >= 0.6 is 11.9 Å². The Hall–Kier alpha value is -1.78. The van der Waals surface area contributed by atoms with Crippen molar-refractivity contribution >= 4 is 34.6 Å². The highest BCUT2D eigenvalue weighted by atomic mass is 32.2. The van der Waals surface area contributed by atoms with Gasteiger partial charge >= 0.3 is 6.61 Å². The van der Waals surface area contributed by atoms with Crippen LogP contribution in [-0.4, -0.2) is 69.4 Å². The molecule has 168 valence electrons. The highest BCUT2D eigenvalue weighted by Gasteiger charge is 2.30. The van der Waals surface area contributed by atoms with Crippen LogP contribution in [0.5, 0.6) is 0 Å². The molecule has 3 aliphatic rings. The minimum Gasteiger partial charge on any atom is -0.352 e. The van der Waals surface area contributed by atoms with Crippen LogP contribution in [0.15, 0.2) is 12.3 Å². The van der Waals surface area contributed by atoms with E-state index in [2.05, 4.69) is 19.6 Å². The van der Waals surface area contributed by atoms with Gasteiger partial charge in [0.1, 0.15) is 5.52 Å². The average molecular weight is 451 g/mol. The van der Waals surface area contributed by atoms with E-state index >= 15 is 0 Å². The molecule has 31 heavy (non-hydrogen) atoms. The van der Waals surface area contributed by atoms with Gasteiger partial charge in [0.2, 0.25) is 5.95 Å². The molecule has 4 heterocycles. The Labute approximate surface area is 185 Å². The van der Waals surface area contributed by atoms with Crippen LogP contribution in [0.4, 0.5) is 20.5 Å². The molecule has 2 aromatic heterocycles. The standard InChI is InChI=1S/C21H28F2N6OS/c1-13-10-14-11-24-21(26-15-4-8-29(9-5-15)31-17-2-3-17)27-18(14)19(25-13)28-7-6-16(12-28)30-20(22)23/h10-11,15-17,20H,2-9,12H2,1H3,(H,24,26,27). The molecule has 1 aliphatic carbocycles. The number of hydrogen-bond donors (Lipinski definition) is 1. The van der Waals surface area contributed by atoms with Crippen molar-refractivity contribution in [2.45, 2.75) is 63.0 Å². The third-order valence-corrected chi connectivity index (χ3v) is 7.46. The lowest BCUT2D eigenvalue weighted by atomic mass is 10.1. The van der Waals surface area contributed by atoms with Gasteiger partial charge in [-0.05, 0) is 45.1 Å². The second-order valence-corrected chi connectivity index (χ2v) is 10.0. The third-order valence-electron chi connectivity index (χ3n) is 6.03. The summed E-state index contributed by atoms with van der Waals surface area (Å²) in [5.74, 6) is 1.32. The van der Waals surface area contributed by atoms with Crippen molar-refractivity contribution in [1.29, 1.82) is 0 Å². The Bertz CT molecular complexity index is 922. The van der Waals surface area contributed by atoms with E-state index in [0.29, 0.717) is 31.5 Å². The molecular weight excluding hydrogens is 422 g/mol. The second kappa shape index (κ2) is 8.99. The number of halogens is 2. The molecule has 1 saturated carbocycles. The lowest BCUT2D eigenvalue weighted by molar-refractivity contribution is -0.156. The zero-order valence-corrected chi connectivity index (χ0v) is 18.5. The van der Waals surface area contributed by atoms with Gasteiger partial charge in [-0.1, -0.05) is 11.9 Å². The maximum absolute atomic E-state index is 12.6. The minimum atomic E-state index is -2.75. The number of rotatable bonds is 7. The number of aromatic nitrogens is 3. The Balaban J connectivity index is 1.29. The number of nitrogens with one attached hydrogen (secondary N) is 1. The Kier molecular flexibility index (Phi) is 6.12. The van der Waals surface area contributed by atoms with Crippen molar-refractivity contribution in [2.75, 3.05) is 36.4 Å². The smallest absolute Gasteiger partial charge is 0.345 e. The monoisotopic (exact) mass is 450 g/mol. The highest BCUT2D eigenvalue weighted by Crippen LogP contribution is 2.37. The third kappa shape index (κ3) is 5.18. The summed E-state index contributed by atoms with van der Waals surface area (Å²) < 4.78 is 32.4. The minimum absolute atomic E-state index is 0.353. The zero-order valence-electron chi connectivity index (χ0n) is 17.6. The van der Waals surface area contributed by atoms with Crippen molar-refractivity contribution < 1.29 is 13.5 Å². The van der Waals surface area contributed by atoms with Crippen molar-refractivity contribution in [2.24, 2.45) is 0 Å². The van der Waals surface area contributed by atoms with E-state index in [-0.39, 0.29) is 0 Å². The van der Waals surface area contributed by atoms with Gasteiger partial charge in [-0.15, -0.1) is 0 Å². The molecular formula is C21H28F2N6OS. The molecule has 3 fully saturated rings. The summed E-state index contributed by atoms with van der Waals surface area (Å²) in [6.07, 6.45) is 6.73. The lowest BCUT2D eigenvalue weighted by Crippen LogP contribution is -2.36. The van der Waals surface area contributed by atoms with E-state index in [9.17, 15) is 8.78 Å². The second-order valence-electron chi connectivity index (χ2n) is 8.62. The van der Waals surface area contributed by atoms with Crippen molar-refractivity contribution in [3.8, 4) is 0 Å². The number of nitrogens with zero attached hydrogens (tertiary/aromatic N) is 5. The van der Waals surface area contributed by atoms with E-state index in [4.69, 9.17) is 9.72 Å². The maximum Gasteiger partial charge on any atom is 0.345 e. The Morgan fingerprint density at radius 2 is 1.94 bits per heavy atom. The Morgan fingerprint density at radius 3 is 2.68 bits per heavy atom. The quantitative estimate of drug-likeness (QED) is 0.639. The number of ether oxygens (including phenoxy) is 1. The van der Waals surface area contributed by atoms with Crippen molar-refractivity contribution in [3.63, 3.8) is 0 Å². The number of alkyl halides is 2. The summed E-state index contributed by atoms with van der Waals surface area (Å²) in [6.45, 7) is 2.34. The summed E-state index contributed by atoms with van der Waals surface area (Å²) in [4.78, 5) is 16.0. The average Bonchev–Trinajstić information content (AvgIpc) is 3.44. The van der Waals surface area contributed by atoms with Gasteiger partial charge in [0, 0.05) is 54.7 Å². The van der Waals surface area contributed by atoms with Gasteiger partial charge in [-0.2, -0.15) is 8.78 Å². The van der Waals surface area contributed by atoms with Crippen LogP contribution in [0.1, 0.15) is 37.8 Å². The number of aryl methyl sites for hydroxylation is 1. The normalized spacial score (nSPS) is 23.2. The molecule has 0 spiro atoms. The molecule has 0 radical (unpaired) electrons. The van der Waals surface area contributed by atoms with Crippen LogP contribution in [0.2, 0.25) is 0 Å². The lowest BCUT2D eigenvalue weighted by Gasteiger charge is -2.31. The molecule has 2 saturated heterocycles. The summed E-state index contributed by atoms with van der Waals surface area (Å²) in [5.41, 5.74) is 1.60. The molecule has 0 aromatic carbocycles. The fourth-order valence-electron chi connectivity index (χ4n) is 4.29. The number of piperidine rings is 1. The summed E-state index contributed by atoms with van der Waals surface area (Å²) in [6, 6.07) is 2.31. The van der Waals surface area contributed by atoms with Crippen LogP contribution in [0.25, 0.3) is 10.9 Å². The van der Waals surface area contributed by atoms with Gasteiger partial charge in [0.25, 0.3) is 0 Å². The molecule has 0 bridgehead atoms. The van der Waals surface area contributed by atoms with E-state index < -0.39 is 12.7 Å². The zero-order chi connectivity index (χ0) is 21.4. The largest absolute Gasteiger partial charge is 0.352 e. The van der Waals surface area contributed by atoms with E-state index in [1.54, 1.807) is 0 Å². The molecule has 2 aliphatic heterocycles. The van der Waals surface area contributed by atoms with Crippen LogP contribution in [0.3, 0.4) is 0 Å². The Morgan fingerprint density at radius 1 is 1.13 bits per heavy atom. The van der Waals surface area contributed by atoms with Gasteiger partial charge in [-0.3, -0.25) is 4.31 Å². The van der Waals surface area contributed by atoms with Crippen LogP contribution < -0.4 is 10.2 Å². The molecule has 2 aromatic rings. The SMILES string of the molecule is Cc1cc2cnc(NC3CCN(SC4CC4)CC3)nc2c(N2CCC(OC(F)F)C2)n1. The maximum atomic E-state index is 12.6. The molecule has 1 unspecified atom stereocenters. The van der Waals surface area contributed by atoms with Gasteiger partial charge < -0.3 is 15.0 Å². The molecule has 7 nitrogen and oxygen atoms in total. The predicted molar refractivity (Wildman–Crippen MR) is 119 cm³/mol. The van der Waals surface area contributed by atoms with Crippen molar-refractivity contribution in [3.05, 3.63) is 18.0 Å². The number of anilines is 2. The number of hydrogen-bond acceptors (Lipinski definition) is 8. The van der Waals surface area contributed by atoms with E-state index in [1.807, 2.05) is 36.0 Å². The molecule has 1 N–H and O–H groups in total. The molecule has 1 atom stereocenters. The summed E-state index contributed by atoms with van der Waals surface area (Å²) in [5, 5.41) is 5.25. The molecule has 0 amide bonds. The first-order chi connectivity index (χ1) is 15.0. The molecule has 10 heteroatoms. The first-order valence-corrected chi connectivity index (χ1v) is 11.9. The molecule has 5 rings (SSSR count). The number of fused-ring (bicyclic) bond motifs is 1.